The van der Waals surface area contributed by atoms with Crippen LogP contribution in [0.1, 0.15) is 31.2 Å². The first kappa shape index (κ1) is 11.9. The quantitative estimate of drug-likeness (QED) is 0.864. The number of aromatic nitrogens is 1. The number of hydrogen-bond donors (Lipinski definition) is 1. The van der Waals surface area contributed by atoms with Gasteiger partial charge in [-0.15, -0.1) is 0 Å². The van der Waals surface area contributed by atoms with Crippen molar-refractivity contribution in [2.24, 2.45) is 0 Å². The molecule has 98 valence electrons. The Bertz CT molecular complexity index is 387. The Morgan fingerprint density at radius 2 is 2.11 bits per heavy atom. The molecule has 1 aliphatic heterocycles. The zero-order chi connectivity index (χ0) is 12.2. The van der Waals surface area contributed by atoms with Crippen LogP contribution in [-0.2, 0) is 11.3 Å². The minimum Gasteiger partial charge on any atom is -0.474 e. The topological polar surface area (TPSA) is 43.4 Å². The van der Waals surface area contributed by atoms with Gasteiger partial charge in [-0.3, -0.25) is 0 Å². The molecule has 2 heterocycles. The number of ether oxygens (including phenoxy) is 2. The van der Waals surface area contributed by atoms with Gasteiger partial charge in [0.05, 0.1) is 13.2 Å². The fourth-order valence-corrected chi connectivity index (χ4v) is 2.14. The van der Waals surface area contributed by atoms with Crippen LogP contribution in [0, 0.1) is 0 Å². The van der Waals surface area contributed by atoms with Gasteiger partial charge in [0.15, 0.2) is 0 Å². The molecule has 1 aromatic rings. The minimum atomic E-state index is 0.262. The Balaban J connectivity index is 1.55. The SMILES string of the molecule is c1cc(CNC2CC2)cc(OC2CCOCC2)n1. The monoisotopic (exact) mass is 248 g/mol. The number of rotatable bonds is 5. The molecule has 1 saturated carbocycles. The molecule has 18 heavy (non-hydrogen) atoms. The Kier molecular flexibility index (Phi) is 3.76. The average molecular weight is 248 g/mol. The van der Waals surface area contributed by atoms with Crippen molar-refractivity contribution in [2.45, 2.75) is 44.4 Å². The van der Waals surface area contributed by atoms with E-state index in [1.165, 1.54) is 18.4 Å². The van der Waals surface area contributed by atoms with Crippen LogP contribution in [0.3, 0.4) is 0 Å². The van der Waals surface area contributed by atoms with Crippen molar-refractivity contribution in [1.29, 1.82) is 0 Å². The van der Waals surface area contributed by atoms with Gasteiger partial charge in [0.1, 0.15) is 6.10 Å². The summed E-state index contributed by atoms with van der Waals surface area (Å²) in [4.78, 5) is 4.29. The molecule has 1 N–H and O–H groups in total. The van der Waals surface area contributed by atoms with Crippen LogP contribution in [-0.4, -0.2) is 30.3 Å². The van der Waals surface area contributed by atoms with Gasteiger partial charge < -0.3 is 14.8 Å². The number of pyridine rings is 1. The molecule has 1 aromatic heterocycles. The van der Waals surface area contributed by atoms with Crippen LogP contribution in [0.2, 0.25) is 0 Å². The van der Waals surface area contributed by atoms with Crippen molar-refractivity contribution < 1.29 is 9.47 Å². The molecule has 0 aromatic carbocycles. The number of nitrogens with zero attached hydrogens (tertiary/aromatic N) is 1. The second-order valence-corrected chi connectivity index (χ2v) is 5.09. The summed E-state index contributed by atoms with van der Waals surface area (Å²) < 4.78 is 11.2. The summed E-state index contributed by atoms with van der Waals surface area (Å²) in [7, 11) is 0. The Morgan fingerprint density at radius 3 is 2.89 bits per heavy atom. The molecule has 2 aliphatic rings. The van der Waals surface area contributed by atoms with Crippen LogP contribution in [0.4, 0.5) is 0 Å². The molecule has 0 radical (unpaired) electrons. The maximum Gasteiger partial charge on any atom is 0.213 e. The zero-order valence-electron chi connectivity index (χ0n) is 10.6. The molecular formula is C14H20N2O2. The van der Waals surface area contributed by atoms with E-state index >= 15 is 0 Å². The molecule has 1 aliphatic carbocycles. The Hall–Kier alpha value is -1.13. The summed E-state index contributed by atoms with van der Waals surface area (Å²) in [5, 5.41) is 3.50. The van der Waals surface area contributed by atoms with Gasteiger partial charge in [0, 0.05) is 37.7 Å². The zero-order valence-corrected chi connectivity index (χ0v) is 10.6. The Labute approximate surface area is 108 Å². The van der Waals surface area contributed by atoms with Gasteiger partial charge in [-0.2, -0.15) is 0 Å². The van der Waals surface area contributed by atoms with Crippen molar-refractivity contribution in [1.82, 2.24) is 10.3 Å². The molecule has 3 rings (SSSR count). The lowest BCUT2D eigenvalue weighted by molar-refractivity contribution is 0.0237. The first-order valence-corrected chi connectivity index (χ1v) is 6.83. The van der Waals surface area contributed by atoms with E-state index in [4.69, 9.17) is 9.47 Å². The lowest BCUT2D eigenvalue weighted by Crippen LogP contribution is -2.26. The normalized spacial score (nSPS) is 20.9. The molecule has 0 unspecified atom stereocenters. The predicted octanol–water partition coefficient (Wildman–Crippen LogP) is 1.89. The van der Waals surface area contributed by atoms with Crippen molar-refractivity contribution in [3.63, 3.8) is 0 Å². The van der Waals surface area contributed by atoms with Crippen molar-refractivity contribution in [2.75, 3.05) is 13.2 Å². The predicted molar refractivity (Wildman–Crippen MR) is 68.6 cm³/mol. The third kappa shape index (κ3) is 3.43. The van der Waals surface area contributed by atoms with E-state index in [0.29, 0.717) is 0 Å². The van der Waals surface area contributed by atoms with Crippen LogP contribution in [0.5, 0.6) is 5.88 Å². The summed E-state index contributed by atoms with van der Waals surface area (Å²) in [6.07, 6.45) is 6.65. The second-order valence-electron chi connectivity index (χ2n) is 5.09. The lowest BCUT2D eigenvalue weighted by atomic mass is 10.1. The van der Waals surface area contributed by atoms with Gasteiger partial charge in [-0.25, -0.2) is 4.98 Å². The third-order valence-electron chi connectivity index (χ3n) is 3.43. The first-order valence-electron chi connectivity index (χ1n) is 6.83. The van der Waals surface area contributed by atoms with Crippen LogP contribution in [0.25, 0.3) is 0 Å². The highest BCUT2D eigenvalue weighted by Gasteiger charge is 2.20. The highest BCUT2D eigenvalue weighted by molar-refractivity contribution is 5.20. The molecule has 0 atom stereocenters. The van der Waals surface area contributed by atoms with E-state index in [1.54, 1.807) is 0 Å². The van der Waals surface area contributed by atoms with E-state index in [0.717, 1.165) is 44.5 Å². The van der Waals surface area contributed by atoms with Crippen LogP contribution < -0.4 is 10.1 Å². The lowest BCUT2D eigenvalue weighted by Gasteiger charge is -2.22. The minimum absolute atomic E-state index is 0.262. The highest BCUT2D eigenvalue weighted by Crippen LogP contribution is 2.20. The van der Waals surface area contributed by atoms with E-state index in [2.05, 4.69) is 10.3 Å². The molecule has 0 spiro atoms. The standard InChI is InChI=1S/C14H20N2O2/c1-2-12(1)16-10-11-3-6-15-14(9-11)18-13-4-7-17-8-5-13/h3,6,9,12-13,16H,1-2,4-5,7-8,10H2. The van der Waals surface area contributed by atoms with Crippen molar-refractivity contribution in [3.8, 4) is 5.88 Å². The Morgan fingerprint density at radius 1 is 1.28 bits per heavy atom. The summed E-state index contributed by atoms with van der Waals surface area (Å²) >= 11 is 0. The molecule has 4 heteroatoms. The second kappa shape index (κ2) is 5.67. The molecule has 0 amide bonds. The average Bonchev–Trinajstić information content (AvgIpc) is 3.22. The fraction of sp³-hybridized carbons (Fsp3) is 0.643. The van der Waals surface area contributed by atoms with Gasteiger partial charge in [0.25, 0.3) is 0 Å². The van der Waals surface area contributed by atoms with Crippen LogP contribution >= 0.6 is 0 Å². The summed E-state index contributed by atoms with van der Waals surface area (Å²) in [6.45, 7) is 2.51. The fourth-order valence-electron chi connectivity index (χ4n) is 2.14. The molecule has 4 nitrogen and oxygen atoms in total. The van der Waals surface area contributed by atoms with E-state index in [1.807, 2.05) is 18.3 Å². The van der Waals surface area contributed by atoms with Crippen molar-refractivity contribution in [3.05, 3.63) is 23.9 Å². The number of nitrogens with one attached hydrogen (secondary N) is 1. The largest absolute Gasteiger partial charge is 0.474 e. The first-order chi connectivity index (χ1) is 8.90. The maximum absolute atomic E-state index is 5.90. The summed E-state index contributed by atoms with van der Waals surface area (Å²) in [5.41, 5.74) is 1.25. The molecule has 2 fully saturated rings. The molecule has 1 saturated heterocycles. The smallest absolute Gasteiger partial charge is 0.213 e. The number of hydrogen-bond acceptors (Lipinski definition) is 4. The van der Waals surface area contributed by atoms with Gasteiger partial charge in [-0.05, 0) is 24.5 Å². The van der Waals surface area contributed by atoms with Gasteiger partial charge >= 0.3 is 0 Å². The summed E-state index contributed by atoms with van der Waals surface area (Å²) in [6, 6.07) is 4.83. The van der Waals surface area contributed by atoms with E-state index in [9.17, 15) is 0 Å². The van der Waals surface area contributed by atoms with Crippen molar-refractivity contribution >= 4 is 0 Å². The third-order valence-corrected chi connectivity index (χ3v) is 3.43. The van der Waals surface area contributed by atoms with Gasteiger partial charge in [0.2, 0.25) is 5.88 Å². The van der Waals surface area contributed by atoms with Gasteiger partial charge in [-0.1, -0.05) is 0 Å². The molecule has 0 bridgehead atoms. The van der Waals surface area contributed by atoms with E-state index < -0.39 is 0 Å². The van der Waals surface area contributed by atoms with Crippen LogP contribution in [0.15, 0.2) is 18.3 Å². The van der Waals surface area contributed by atoms with E-state index in [-0.39, 0.29) is 6.10 Å². The summed E-state index contributed by atoms with van der Waals surface area (Å²) in [5.74, 6) is 0.747. The highest BCUT2D eigenvalue weighted by atomic mass is 16.5. The molecular weight excluding hydrogens is 228 g/mol. The maximum atomic E-state index is 5.90.